The Balaban J connectivity index is 2.39. The smallest absolute Gasteiger partial charge is 0.462 e. The van der Waals surface area contributed by atoms with Crippen molar-refractivity contribution in [3.63, 3.8) is 0 Å². The van der Waals surface area contributed by atoms with Gasteiger partial charge in [-0.3, -0.25) is 0 Å². The van der Waals surface area contributed by atoms with Crippen LogP contribution in [0.15, 0.2) is 18.2 Å². The molecule has 4 nitrogen and oxygen atoms in total. The molecule has 0 N–H and O–H groups in total. The highest BCUT2D eigenvalue weighted by atomic mass is 16.7. The van der Waals surface area contributed by atoms with Gasteiger partial charge in [0.25, 0.3) is 0 Å². The highest BCUT2D eigenvalue weighted by Crippen LogP contribution is 2.36. The Kier molecular flexibility index (Phi) is 4.18. The lowest BCUT2D eigenvalue weighted by molar-refractivity contribution is 0.00578. The number of carbonyl (C=O) groups is 1. The quantitative estimate of drug-likeness (QED) is 0.633. The van der Waals surface area contributed by atoms with Gasteiger partial charge in [-0.1, -0.05) is 17.7 Å². The number of hydrogen-bond acceptors (Lipinski definition) is 4. The summed E-state index contributed by atoms with van der Waals surface area (Å²) in [5.74, 6) is -0.342. The zero-order valence-corrected chi connectivity index (χ0v) is 13.6. The first-order valence-corrected chi connectivity index (χ1v) is 7.31. The fourth-order valence-corrected chi connectivity index (χ4v) is 2.23. The molecule has 21 heavy (non-hydrogen) atoms. The van der Waals surface area contributed by atoms with Crippen molar-refractivity contribution in [1.29, 1.82) is 0 Å². The molecule has 0 aromatic heterocycles. The first-order valence-electron chi connectivity index (χ1n) is 7.31. The summed E-state index contributed by atoms with van der Waals surface area (Å²) in [5, 5.41) is 0. The minimum absolute atomic E-state index is 0.342. The second-order valence-electron chi connectivity index (χ2n) is 6.40. The van der Waals surface area contributed by atoms with Crippen molar-refractivity contribution in [2.75, 3.05) is 6.61 Å². The molecule has 0 amide bonds. The molecule has 1 saturated heterocycles. The molecule has 1 aliphatic heterocycles. The van der Waals surface area contributed by atoms with Gasteiger partial charge in [-0.2, -0.15) is 0 Å². The summed E-state index contributed by atoms with van der Waals surface area (Å²) in [5.41, 5.74) is 1.36. The zero-order valence-electron chi connectivity index (χ0n) is 13.6. The minimum Gasteiger partial charge on any atom is -0.462 e. The van der Waals surface area contributed by atoms with E-state index in [1.807, 2.05) is 52.8 Å². The van der Waals surface area contributed by atoms with Gasteiger partial charge in [-0.25, -0.2) is 4.79 Å². The predicted molar refractivity (Wildman–Crippen MR) is 82.9 cm³/mol. The minimum atomic E-state index is -0.560. The fraction of sp³-hybridized carbons (Fsp3) is 0.562. The number of ether oxygens (including phenoxy) is 1. The van der Waals surface area contributed by atoms with E-state index in [-0.39, 0.29) is 5.97 Å². The maximum absolute atomic E-state index is 12.2. The second kappa shape index (κ2) is 5.46. The number of aryl methyl sites for hydroxylation is 1. The summed E-state index contributed by atoms with van der Waals surface area (Å²) in [6.45, 7) is 12.0. The summed E-state index contributed by atoms with van der Waals surface area (Å²) in [7, 11) is -0.560. The van der Waals surface area contributed by atoms with E-state index in [1.54, 1.807) is 6.92 Å². The van der Waals surface area contributed by atoms with Crippen molar-refractivity contribution >= 4 is 18.6 Å². The van der Waals surface area contributed by atoms with Crippen LogP contribution < -0.4 is 5.46 Å². The molecule has 1 aromatic rings. The molecule has 0 radical (unpaired) electrons. The van der Waals surface area contributed by atoms with E-state index < -0.39 is 18.3 Å². The van der Waals surface area contributed by atoms with Crippen molar-refractivity contribution in [3.8, 4) is 0 Å². The molecule has 0 atom stereocenters. The summed E-state index contributed by atoms with van der Waals surface area (Å²) >= 11 is 0. The third kappa shape index (κ3) is 2.99. The first kappa shape index (κ1) is 16.1. The number of rotatable bonds is 3. The maximum atomic E-state index is 12.2. The van der Waals surface area contributed by atoms with Gasteiger partial charge in [0.1, 0.15) is 0 Å². The molecule has 1 fully saturated rings. The van der Waals surface area contributed by atoms with Gasteiger partial charge in [0.15, 0.2) is 0 Å². The highest BCUT2D eigenvalue weighted by molar-refractivity contribution is 6.63. The average molecular weight is 290 g/mol. The first-order chi connectivity index (χ1) is 9.68. The predicted octanol–water partition coefficient (Wildman–Crippen LogP) is 2.47. The largest absolute Gasteiger partial charge is 0.495 e. The number of esters is 1. The van der Waals surface area contributed by atoms with Crippen LogP contribution >= 0.6 is 0 Å². The van der Waals surface area contributed by atoms with Crippen LogP contribution in [-0.4, -0.2) is 30.9 Å². The van der Waals surface area contributed by atoms with Gasteiger partial charge in [-0.05, 0) is 53.1 Å². The van der Waals surface area contributed by atoms with Gasteiger partial charge >= 0.3 is 13.1 Å². The van der Waals surface area contributed by atoms with Crippen molar-refractivity contribution in [2.45, 2.75) is 52.7 Å². The fourth-order valence-electron chi connectivity index (χ4n) is 2.23. The molecule has 0 unspecified atom stereocenters. The Morgan fingerprint density at radius 3 is 2.29 bits per heavy atom. The van der Waals surface area contributed by atoms with Gasteiger partial charge < -0.3 is 14.0 Å². The number of carbonyl (C=O) groups excluding carboxylic acids is 1. The van der Waals surface area contributed by atoms with Crippen molar-refractivity contribution < 1.29 is 18.8 Å². The maximum Gasteiger partial charge on any atom is 0.495 e. The van der Waals surface area contributed by atoms with Crippen LogP contribution in [-0.2, 0) is 14.0 Å². The number of hydrogen-bond donors (Lipinski definition) is 0. The van der Waals surface area contributed by atoms with Gasteiger partial charge in [0.05, 0.1) is 23.4 Å². The highest BCUT2D eigenvalue weighted by Gasteiger charge is 2.52. The Bertz CT molecular complexity index is 535. The van der Waals surface area contributed by atoms with Crippen molar-refractivity contribution in [1.82, 2.24) is 0 Å². The molecule has 114 valence electrons. The van der Waals surface area contributed by atoms with Crippen molar-refractivity contribution in [3.05, 3.63) is 29.3 Å². The SMILES string of the molecule is CCOC(=O)c1cc(C)ccc1B1OC(C)(C)C(C)(C)O1. The Morgan fingerprint density at radius 2 is 1.76 bits per heavy atom. The van der Waals surface area contributed by atoms with E-state index in [0.29, 0.717) is 12.2 Å². The normalized spacial score (nSPS) is 19.6. The third-order valence-corrected chi connectivity index (χ3v) is 4.21. The lowest BCUT2D eigenvalue weighted by Gasteiger charge is -2.32. The zero-order chi connectivity index (χ0) is 15.8. The summed E-state index contributed by atoms with van der Waals surface area (Å²) in [6, 6.07) is 5.64. The summed E-state index contributed by atoms with van der Waals surface area (Å²) in [4.78, 5) is 12.2. The third-order valence-electron chi connectivity index (χ3n) is 4.21. The Labute approximate surface area is 126 Å². The molecule has 1 heterocycles. The van der Waals surface area contributed by atoms with Crippen LogP contribution in [0.5, 0.6) is 0 Å². The average Bonchev–Trinajstić information content (AvgIpc) is 2.58. The van der Waals surface area contributed by atoms with Crippen LogP contribution in [0.1, 0.15) is 50.5 Å². The van der Waals surface area contributed by atoms with E-state index in [1.165, 1.54) is 0 Å². The van der Waals surface area contributed by atoms with E-state index >= 15 is 0 Å². The van der Waals surface area contributed by atoms with E-state index in [0.717, 1.165) is 11.0 Å². The Hall–Kier alpha value is -1.33. The van der Waals surface area contributed by atoms with E-state index in [2.05, 4.69) is 0 Å². The van der Waals surface area contributed by atoms with Gasteiger partial charge in [0, 0.05) is 0 Å². The lowest BCUT2D eigenvalue weighted by atomic mass is 9.75. The lowest BCUT2D eigenvalue weighted by Crippen LogP contribution is -2.41. The van der Waals surface area contributed by atoms with Crippen LogP contribution in [0.3, 0.4) is 0 Å². The molecule has 1 aliphatic rings. The van der Waals surface area contributed by atoms with Crippen LogP contribution in [0.25, 0.3) is 0 Å². The molecular formula is C16H23BO4. The molecular weight excluding hydrogens is 267 g/mol. The summed E-state index contributed by atoms with van der Waals surface area (Å²) in [6.07, 6.45) is 0. The molecule has 5 heteroatoms. The standard InChI is InChI=1S/C16H23BO4/c1-7-19-14(18)12-10-11(2)8-9-13(12)17-20-15(3,4)16(5,6)21-17/h8-10H,7H2,1-6H3. The molecule has 1 aromatic carbocycles. The second-order valence-corrected chi connectivity index (χ2v) is 6.40. The molecule has 0 saturated carbocycles. The van der Waals surface area contributed by atoms with Gasteiger partial charge in [0.2, 0.25) is 0 Å². The van der Waals surface area contributed by atoms with E-state index in [4.69, 9.17) is 14.0 Å². The van der Waals surface area contributed by atoms with Gasteiger partial charge in [-0.15, -0.1) is 0 Å². The molecule has 0 spiro atoms. The molecule has 0 bridgehead atoms. The summed E-state index contributed by atoms with van der Waals surface area (Å²) < 4.78 is 17.2. The molecule has 0 aliphatic carbocycles. The van der Waals surface area contributed by atoms with Crippen LogP contribution in [0, 0.1) is 6.92 Å². The monoisotopic (exact) mass is 290 g/mol. The molecule has 2 rings (SSSR count). The van der Waals surface area contributed by atoms with Crippen LogP contribution in [0.4, 0.5) is 0 Å². The van der Waals surface area contributed by atoms with E-state index in [9.17, 15) is 4.79 Å². The Morgan fingerprint density at radius 1 is 1.19 bits per heavy atom. The topological polar surface area (TPSA) is 44.8 Å². The number of benzene rings is 1. The van der Waals surface area contributed by atoms with Crippen LogP contribution in [0.2, 0.25) is 0 Å². The van der Waals surface area contributed by atoms with Crippen molar-refractivity contribution in [2.24, 2.45) is 0 Å².